The van der Waals surface area contributed by atoms with E-state index in [-0.39, 0.29) is 0 Å². The van der Waals surface area contributed by atoms with Gasteiger partial charge in [0.25, 0.3) is 0 Å². The highest BCUT2D eigenvalue weighted by molar-refractivity contribution is 5.27. The molecule has 0 aromatic carbocycles. The van der Waals surface area contributed by atoms with Crippen LogP contribution in [0.5, 0.6) is 0 Å². The Morgan fingerprint density at radius 1 is 1.37 bits per heavy atom. The third kappa shape index (κ3) is 3.04. The Bertz CT molecular complexity index is 528. The summed E-state index contributed by atoms with van der Waals surface area (Å²) in [6.07, 6.45) is 3.73. The van der Waals surface area contributed by atoms with Gasteiger partial charge < -0.3 is 9.88 Å². The molecule has 2 aromatic rings. The average Bonchev–Trinajstić information content (AvgIpc) is 2.71. The molecule has 3 heteroatoms. The molecule has 0 spiro atoms. The Labute approximate surface area is 115 Å². The molecule has 0 amide bonds. The largest absolute Gasteiger partial charge is 0.349 e. The maximum atomic E-state index is 4.17. The molecule has 3 nitrogen and oxygen atoms in total. The second-order valence-electron chi connectivity index (χ2n) is 5.03. The zero-order valence-electron chi connectivity index (χ0n) is 12.3. The van der Waals surface area contributed by atoms with E-state index in [9.17, 15) is 0 Å². The zero-order chi connectivity index (χ0) is 13.8. The number of aromatic nitrogens is 2. The van der Waals surface area contributed by atoms with Gasteiger partial charge in [0.05, 0.1) is 0 Å². The molecule has 102 valence electrons. The van der Waals surface area contributed by atoms with Crippen molar-refractivity contribution in [3.8, 4) is 0 Å². The first-order chi connectivity index (χ1) is 9.13. The van der Waals surface area contributed by atoms with Gasteiger partial charge in [-0.2, -0.15) is 0 Å². The Hall–Kier alpha value is -1.61. The highest BCUT2D eigenvalue weighted by Gasteiger charge is 2.09. The van der Waals surface area contributed by atoms with Gasteiger partial charge in [0, 0.05) is 42.9 Å². The Kier molecular flexibility index (Phi) is 4.38. The van der Waals surface area contributed by atoms with Gasteiger partial charge in [-0.1, -0.05) is 6.07 Å². The van der Waals surface area contributed by atoms with Gasteiger partial charge in [-0.05, 0) is 51.0 Å². The normalized spacial score (nSPS) is 12.6. The summed E-state index contributed by atoms with van der Waals surface area (Å²) >= 11 is 0. The van der Waals surface area contributed by atoms with Crippen LogP contribution in [0.25, 0.3) is 0 Å². The Morgan fingerprint density at radius 2 is 2.16 bits per heavy atom. The summed E-state index contributed by atoms with van der Waals surface area (Å²) in [6, 6.07) is 6.69. The lowest BCUT2D eigenvalue weighted by Crippen LogP contribution is -2.18. The molecular weight excluding hydrogens is 234 g/mol. The predicted molar refractivity (Wildman–Crippen MR) is 79.1 cm³/mol. The third-order valence-corrected chi connectivity index (χ3v) is 3.78. The summed E-state index contributed by atoms with van der Waals surface area (Å²) in [5.41, 5.74) is 5.32. The van der Waals surface area contributed by atoms with Crippen LogP contribution in [-0.4, -0.2) is 9.55 Å². The van der Waals surface area contributed by atoms with Crippen molar-refractivity contribution in [2.75, 3.05) is 0 Å². The monoisotopic (exact) mass is 257 g/mol. The number of nitrogens with zero attached hydrogens (tertiary/aromatic N) is 2. The smallest absolute Gasteiger partial charge is 0.0315 e. The van der Waals surface area contributed by atoms with E-state index in [1.54, 1.807) is 0 Å². The van der Waals surface area contributed by atoms with Gasteiger partial charge in [0.2, 0.25) is 0 Å². The fraction of sp³-hybridized carbons (Fsp3) is 0.438. The molecule has 0 unspecified atom stereocenters. The number of nitrogens with one attached hydrogen (secondary N) is 1. The number of pyridine rings is 1. The lowest BCUT2D eigenvalue weighted by Gasteiger charge is -2.14. The minimum Gasteiger partial charge on any atom is -0.349 e. The maximum Gasteiger partial charge on any atom is 0.0315 e. The molecule has 0 aliphatic rings. The third-order valence-electron chi connectivity index (χ3n) is 3.78. The van der Waals surface area contributed by atoms with E-state index >= 15 is 0 Å². The van der Waals surface area contributed by atoms with Gasteiger partial charge in [-0.25, -0.2) is 0 Å². The molecule has 0 aliphatic carbocycles. The van der Waals surface area contributed by atoms with E-state index in [0.29, 0.717) is 6.04 Å². The zero-order valence-corrected chi connectivity index (χ0v) is 12.3. The molecule has 2 rings (SSSR count). The number of aryl methyl sites for hydroxylation is 1. The number of hydrogen-bond donors (Lipinski definition) is 1. The number of hydrogen-bond acceptors (Lipinski definition) is 2. The average molecular weight is 257 g/mol. The quantitative estimate of drug-likeness (QED) is 0.890. The van der Waals surface area contributed by atoms with Crippen LogP contribution in [0.15, 0.2) is 30.6 Å². The van der Waals surface area contributed by atoms with E-state index in [1.807, 2.05) is 18.5 Å². The van der Waals surface area contributed by atoms with Crippen LogP contribution < -0.4 is 5.32 Å². The molecule has 2 heterocycles. The van der Waals surface area contributed by atoms with E-state index in [1.165, 1.54) is 22.5 Å². The molecule has 0 aliphatic heterocycles. The Balaban J connectivity index is 2.03. The molecule has 0 saturated heterocycles. The molecule has 0 bridgehead atoms. The molecule has 0 fully saturated rings. The standard InChI is InChI=1S/C16H23N3/c1-5-19-12(2)9-16(14(19)4)11-18-13(3)15-7-6-8-17-10-15/h6-10,13,18H,5,11H2,1-4H3/t13-/m1/s1. The van der Waals surface area contributed by atoms with E-state index in [2.05, 4.69) is 54.7 Å². The lowest BCUT2D eigenvalue weighted by atomic mass is 10.1. The van der Waals surface area contributed by atoms with Crippen molar-refractivity contribution in [3.05, 3.63) is 53.1 Å². The van der Waals surface area contributed by atoms with Crippen LogP contribution in [0, 0.1) is 13.8 Å². The molecule has 2 aromatic heterocycles. The van der Waals surface area contributed by atoms with Crippen molar-refractivity contribution in [2.24, 2.45) is 0 Å². The van der Waals surface area contributed by atoms with Crippen LogP contribution >= 0.6 is 0 Å². The lowest BCUT2D eigenvalue weighted by molar-refractivity contribution is 0.570. The summed E-state index contributed by atoms with van der Waals surface area (Å²) in [6.45, 7) is 10.7. The second-order valence-corrected chi connectivity index (χ2v) is 5.03. The predicted octanol–water partition coefficient (Wildman–Crippen LogP) is 3.37. The van der Waals surface area contributed by atoms with Gasteiger partial charge >= 0.3 is 0 Å². The number of rotatable bonds is 5. The van der Waals surface area contributed by atoms with Crippen molar-refractivity contribution in [2.45, 2.75) is 46.8 Å². The minimum absolute atomic E-state index is 0.318. The molecular formula is C16H23N3. The summed E-state index contributed by atoms with van der Waals surface area (Å²) in [7, 11) is 0. The summed E-state index contributed by atoms with van der Waals surface area (Å²) in [4.78, 5) is 4.17. The summed E-state index contributed by atoms with van der Waals surface area (Å²) in [5, 5.41) is 3.57. The van der Waals surface area contributed by atoms with Crippen LogP contribution in [0.3, 0.4) is 0 Å². The van der Waals surface area contributed by atoms with Gasteiger partial charge in [-0.15, -0.1) is 0 Å². The fourth-order valence-corrected chi connectivity index (χ4v) is 2.55. The van der Waals surface area contributed by atoms with Crippen LogP contribution in [-0.2, 0) is 13.1 Å². The van der Waals surface area contributed by atoms with Gasteiger partial charge in [-0.3, -0.25) is 4.98 Å². The molecule has 1 atom stereocenters. The van der Waals surface area contributed by atoms with Crippen molar-refractivity contribution in [3.63, 3.8) is 0 Å². The molecule has 0 radical (unpaired) electrons. The Morgan fingerprint density at radius 3 is 2.74 bits per heavy atom. The van der Waals surface area contributed by atoms with E-state index in [4.69, 9.17) is 0 Å². The maximum absolute atomic E-state index is 4.17. The van der Waals surface area contributed by atoms with Crippen molar-refractivity contribution >= 4 is 0 Å². The molecule has 19 heavy (non-hydrogen) atoms. The van der Waals surface area contributed by atoms with Crippen molar-refractivity contribution in [1.29, 1.82) is 0 Å². The van der Waals surface area contributed by atoms with Crippen molar-refractivity contribution < 1.29 is 0 Å². The van der Waals surface area contributed by atoms with Crippen molar-refractivity contribution in [1.82, 2.24) is 14.9 Å². The van der Waals surface area contributed by atoms with Gasteiger partial charge in [0.15, 0.2) is 0 Å². The topological polar surface area (TPSA) is 29.9 Å². The highest BCUT2D eigenvalue weighted by atomic mass is 15.0. The van der Waals surface area contributed by atoms with E-state index < -0.39 is 0 Å². The minimum atomic E-state index is 0.318. The summed E-state index contributed by atoms with van der Waals surface area (Å²) in [5.74, 6) is 0. The van der Waals surface area contributed by atoms with Crippen LogP contribution in [0.2, 0.25) is 0 Å². The molecule has 1 N–H and O–H groups in total. The fourth-order valence-electron chi connectivity index (χ4n) is 2.55. The van der Waals surface area contributed by atoms with Gasteiger partial charge in [0.1, 0.15) is 0 Å². The summed E-state index contributed by atoms with van der Waals surface area (Å²) < 4.78 is 2.35. The SMILES string of the molecule is CCn1c(C)cc(CN[C@H](C)c2cccnc2)c1C. The first-order valence-electron chi connectivity index (χ1n) is 6.92. The first-order valence-corrected chi connectivity index (χ1v) is 6.92. The first kappa shape index (κ1) is 13.8. The second kappa shape index (κ2) is 6.02. The van der Waals surface area contributed by atoms with Crippen LogP contribution in [0.4, 0.5) is 0 Å². The highest BCUT2D eigenvalue weighted by Crippen LogP contribution is 2.17. The van der Waals surface area contributed by atoms with Crippen LogP contribution in [0.1, 0.15) is 42.4 Å². The van der Waals surface area contributed by atoms with E-state index in [0.717, 1.165) is 13.1 Å². The molecule has 0 saturated carbocycles.